The van der Waals surface area contributed by atoms with Gasteiger partial charge in [0.05, 0.1) is 38.4 Å². The van der Waals surface area contributed by atoms with Crippen molar-refractivity contribution in [1.82, 2.24) is 25.2 Å². The Bertz CT molecular complexity index is 908. The first-order valence-corrected chi connectivity index (χ1v) is 9.74. The number of carbonyl (C=O) groups is 2. The molecule has 11 heteroatoms. The Morgan fingerprint density at radius 1 is 1.40 bits per heavy atom. The van der Waals surface area contributed by atoms with Gasteiger partial charge in [-0.3, -0.25) is 9.59 Å². The number of rotatable bonds is 8. The van der Waals surface area contributed by atoms with Crippen LogP contribution in [0, 0.1) is 0 Å². The standard InChI is InChI=1S/C19H22ClF2N5O3/c1-30-6-5-23-18(29)16-11-26(25-24-16)10-15-9-19(21,22)12-27(15)17(28)8-13-3-2-4-14(20)7-13/h2-4,7,11,15H,5-6,8-10,12H2,1H3,(H,23,29). The van der Waals surface area contributed by atoms with Gasteiger partial charge in [0, 0.05) is 25.1 Å². The highest BCUT2D eigenvalue weighted by Crippen LogP contribution is 2.33. The molecular formula is C19H22ClF2N5O3. The molecule has 0 bridgehead atoms. The van der Waals surface area contributed by atoms with E-state index in [-0.39, 0.29) is 18.7 Å². The lowest BCUT2D eigenvalue weighted by atomic mass is 10.1. The molecule has 1 saturated heterocycles. The van der Waals surface area contributed by atoms with E-state index in [2.05, 4.69) is 15.6 Å². The maximum absolute atomic E-state index is 14.1. The third-order valence-electron chi connectivity index (χ3n) is 4.70. The van der Waals surface area contributed by atoms with Crippen molar-refractivity contribution in [3.63, 3.8) is 0 Å². The largest absolute Gasteiger partial charge is 0.383 e. The Kier molecular flexibility index (Phi) is 6.99. The van der Waals surface area contributed by atoms with E-state index in [9.17, 15) is 18.4 Å². The lowest BCUT2D eigenvalue weighted by Crippen LogP contribution is -2.39. The molecule has 30 heavy (non-hydrogen) atoms. The van der Waals surface area contributed by atoms with Crippen LogP contribution >= 0.6 is 11.6 Å². The molecule has 8 nitrogen and oxygen atoms in total. The van der Waals surface area contributed by atoms with Gasteiger partial charge >= 0.3 is 0 Å². The van der Waals surface area contributed by atoms with Crippen LogP contribution in [0.4, 0.5) is 8.78 Å². The van der Waals surface area contributed by atoms with Crippen LogP contribution in [0.2, 0.25) is 5.02 Å². The molecule has 0 aliphatic carbocycles. The summed E-state index contributed by atoms with van der Waals surface area (Å²) in [7, 11) is 1.51. The van der Waals surface area contributed by atoms with E-state index in [0.29, 0.717) is 23.7 Å². The smallest absolute Gasteiger partial charge is 0.273 e. The van der Waals surface area contributed by atoms with E-state index in [4.69, 9.17) is 16.3 Å². The number of aromatic nitrogens is 3. The van der Waals surface area contributed by atoms with Crippen molar-refractivity contribution in [3.05, 3.63) is 46.7 Å². The number of ether oxygens (including phenoxy) is 1. The number of nitrogens with one attached hydrogen (secondary N) is 1. The molecule has 162 valence electrons. The number of carbonyl (C=O) groups excluding carboxylic acids is 2. The van der Waals surface area contributed by atoms with Crippen molar-refractivity contribution in [2.45, 2.75) is 31.4 Å². The fourth-order valence-electron chi connectivity index (χ4n) is 3.34. The molecule has 0 radical (unpaired) electrons. The first kappa shape index (κ1) is 22.1. The van der Waals surface area contributed by atoms with E-state index < -0.39 is 36.7 Å². The van der Waals surface area contributed by atoms with Gasteiger partial charge in [0.1, 0.15) is 0 Å². The van der Waals surface area contributed by atoms with Gasteiger partial charge in [-0.05, 0) is 17.7 Å². The molecule has 1 aromatic heterocycles. The highest BCUT2D eigenvalue weighted by Gasteiger charge is 2.47. The van der Waals surface area contributed by atoms with Gasteiger partial charge in [-0.1, -0.05) is 28.9 Å². The zero-order chi connectivity index (χ0) is 21.7. The third-order valence-corrected chi connectivity index (χ3v) is 4.94. The molecule has 3 rings (SSSR count). The molecule has 1 N–H and O–H groups in total. The zero-order valence-electron chi connectivity index (χ0n) is 16.4. The molecule has 1 unspecified atom stereocenters. The molecule has 2 heterocycles. The van der Waals surface area contributed by atoms with Crippen molar-refractivity contribution < 1.29 is 23.1 Å². The number of hydrogen-bond acceptors (Lipinski definition) is 5. The van der Waals surface area contributed by atoms with Gasteiger partial charge in [0.25, 0.3) is 11.8 Å². The van der Waals surface area contributed by atoms with Crippen LogP contribution in [-0.2, 0) is 22.5 Å². The molecule has 1 aromatic carbocycles. The first-order valence-electron chi connectivity index (χ1n) is 9.36. The summed E-state index contributed by atoms with van der Waals surface area (Å²) in [5, 5.41) is 10.7. The number of hydrogen-bond donors (Lipinski definition) is 1. The second-order valence-electron chi connectivity index (χ2n) is 7.12. The highest BCUT2D eigenvalue weighted by molar-refractivity contribution is 6.30. The molecule has 1 fully saturated rings. The van der Waals surface area contributed by atoms with Crippen LogP contribution in [-0.4, -0.2) is 70.5 Å². The average molecular weight is 442 g/mol. The Balaban J connectivity index is 1.66. The summed E-state index contributed by atoms with van der Waals surface area (Å²) in [6, 6.07) is 5.97. The number of methoxy groups -OCH3 is 1. The summed E-state index contributed by atoms with van der Waals surface area (Å²) >= 11 is 5.93. The predicted octanol–water partition coefficient (Wildman–Crippen LogP) is 1.79. The quantitative estimate of drug-likeness (QED) is 0.631. The van der Waals surface area contributed by atoms with Crippen molar-refractivity contribution in [1.29, 1.82) is 0 Å². The van der Waals surface area contributed by atoms with E-state index in [1.165, 1.54) is 22.9 Å². The van der Waals surface area contributed by atoms with Crippen LogP contribution in [0.25, 0.3) is 0 Å². The van der Waals surface area contributed by atoms with Gasteiger partial charge in [-0.25, -0.2) is 13.5 Å². The van der Waals surface area contributed by atoms with Gasteiger partial charge in [-0.15, -0.1) is 5.10 Å². The van der Waals surface area contributed by atoms with E-state index in [1.807, 2.05) is 0 Å². The number of benzene rings is 1. The van der Waals surface area contributed by atoms with E-state index in [0.717, 1.165) is 0 Å². The number of alkyl halides is 2. The summed E-state index contributed by atoms with van der Waals surface area (Å²) in [5.41, 5.74) is 0.713. The Morgan fingerprint density at radius 2 is 2.20 bits per heavy atom. The minimum atomic E-state index is -2.99. The van der Waals surface area contributed by atoms with Crippen LogP contribution in [0.15, 0.2) is 30.5 Å². The molecular weight excluding hydrogens is 420 g/mol. The Hall–Kier alpha value is -2.59. The zero-order valence-corrected chi connectivity index (χ0v) is 17.1. The molecule has 2 amide bonds. The fourth-order valence-corrected chi connectivity index (χ4v) is 3.55. The lowest BCUT2D eigenvalue weighted by Gasteiger charge is -2.23. The summed E-state index contributed by atoms with van der Waals surface area (Å²) in [6.45, 7) is 0.00883. The van der Waals surface area contributed by atoms with Crippen LogP contribution < -0.4 is 5.32 Å². The molecule has 1 aliphatic heterocycles. The van der Waals surface area contributed by atoms with Gasteiger partial charge in [0.2, 0.25) is 5.91 Å². The number of amides is 2. The minimum Gasteiger partial charge on any atom is -0.383 e. The number of nitrogens with zero attached hydrogens (tertiary/aromatic N) is 4. The van der Waals surface area contributed by atoms with Crippen LogP contribution in [0.5, 0.6) is 0 Å². The Labute approximate surface area is 177 Å². The van der Waals surface area contributed by atoms with Crippen LogP contribution in [0.1, 0.15) is 22.5 Å². The summed E-state index contributed by atoms with van der Waals surface area (Å²) in [4.78, 5) is 25.9. The van der Waals surface area contributed by atoms with Crippen molar-refractivity contribution in [2.24, 2.45) is 0 Å². The summed E-state index contributed by atoms with van der Waals surface area (Å²) in [6.07, 6.45) is 0.861. The molecule has 1 aliphatic rings. The van der Waals surface area contributed by atoms with Gasteiger partial charge in [-0.2, -0.15) is 0 Å². The van der Waals surface area contributed by atoms with Crippen LogP contribution in [0.3, 0.4) is 0 Å². The number of halogens is 3. The molecule has 0 saturated carbocycles. The topological polar surface area (TPSA) is 89.4 Å². The highest BCUT2D eigenvalue weighted by atomic mass is 35.5. The van der Waals surface area contributed by atoms with Crippen molar-refractivity contribution in [2.75, 3.05) is 26.8 Å². The van der Waals surface area contributed by atoms with Crippen molar-refractivity contribution in [3.8, 4) is 0 Å². The fraction of sp³-hybridized carbons (Fsp3) is 0.474. The first-order chi connectivity index (χ1) is 14.3. The maximum atomic E-state index is 14.1. The van der Waals surface area contributed by atoms with Gasteiger partial charge in [0.15, 0.2) is 5.69 Å². The second-order valence-corrected chi connectivity index (χ2v) is 7.55. The number of likely N-dealkylation sites (tertiary alicyclic amines) is 1. The Morgan fingerprint density at radius 3 is 2.93 bits per heavy atom. The van der Waals surface area contributed by atoms with E-state index >= 15 is 0 Å². The SMILES string of the molecule is COCCNC(=O)c1cn(CC2CC(F)(F)CN2C(=O)Cc2cccc(Cl)c2)nn1. The predicted molar refractivity (Wildman–Crippen MR) is 104 cm³/mol. The third kappa shape index (κ3) is 5.73. The normalized spacial score (nSPS) is 17.9. The second kappa shape index (κ2) is 9.48. The van der Waals surface area contributed by atoms with Gasteiger partial charge < -0.3 is 15.0 Å². The summed E-state index contributed by atoms with van der Waals surface area (Å²) < 4.78 is 34.3. The monoisotopic (exact) mass is 441 g/mol. The molecule has 1 atom stereocenters. The lowest BCUT2D eigenvalue weighted by molar-refractivity contribution is -0.132. The minimum absolute atomic E-state index is 0.00915. The average Bonchev–Trinajstić information content (AvgIpc) is 3.26. The maximum Gasteiger partial charge on any atom is 0.273 e. The van der Waals surface area contributed by atoms with E-state index in [1.54, 1.807) is 24.3 Å². The molecule has 2 aromatic rings. The molecule has 0 spiro atoms. The van der Waals surface area contributed by atoms with Crippen molar-refractivity contribution >= 4 is 23.4 Å². The summed E-state index contributed by atoms with van der Waals surface area (Å²) in [5.74, 6) is -3.85.